The van der Waals surface area contributed by atoms with Crippen LogP contribution in [0.2, 0.25) is 5.02 Å². The quantitative estimate of drug-likeness (QED) is 0.425. The van der Waals surface area contributed by atoms with Gasteiger partial charge in [-0.2, -0.15) is 0 Å². The maximum absolute atomic E-state index is 12.1. The van der Waals surface area contributed by atoms with Gasteiger partial charge in [0.1, 0.15) is 10.1 Å². The molecular weight excluding hydrogens is 370 g/mol. The Balaban J connectivity index is 2.33. The molecule has 0 aliphatic carbocycles. The van der Waals surface area contributed by atoms with E-state index in [1.807, 2.05) is 0 Å². The van der Waals surface area contributed by atoms with Crippen LogP contribution in [0.3, 0.4) is 0 Å². The Hall–Kier alpha value is -1.44. The fourth-order valence-electron chi connectivity index (χ4n) is 1.84. The lowest BCUT2D eigenvalue weighted by Crippen LogP contribution is -2.03. The monoisotopic (exact) mass is 385 g/mol. The Morgan fingerprint density at radius 3 is 2.79 bits per heavy atom. The lowest BCUT2D eigenvalue weighted by molar-refractivity contribution is -0.132. The van der Waals surface area contributed by atoms with Crippen LogP contribution < -0.4 is 9.47 Å². The number of carbonyl (C=O) groups is 2. The Kier molecular flexibility index (Phi) is 6.77. The van der Waals surface area contributed by atoms with Gasteiger partial charge in [0.15, 0.2) is 11.5 Å². The number of carbonyl (C=O) groups excluding carboxylic acids is 2. The van der Waals surface area contributed by atoms with E-state index in [2.05, 4.69) is 11.9 Å². The summed E-state index contributed by atoms with van der Waals surface area (Å²) in [6.45, 7) is 3.37. The van der Waals surface area contributed by atoms with E-state index in [1.54, 1.807) is 23.9 Å². The molecule has 5 nitrogen and oxygen atoms in total. The lowest BCUT2D eigenvalue weighted by Gasteiger charge is -2.10. The molecular formula is C16H16ClNO4S2. The summed E-state index contributed by atoms with van der Waals surface area (Å²) in [5, 5.41) is 0.218. The van der Waals surface area contributed by atoms with E-state index in [-0.39, 0.29) is 10.9 Å². The van der Waals surface area contributed by atoms with Gasteiger partial charge in [0, 0.05) is 13.0 Å². The van der Waals surface area contributed by atoms with Crippen molar-refractivity contribution in [2.75, 3.05) is 12.9 Å². The molecule has 1 aromatic carbocycles. The molecule has 0 bridgehead atoms. The molecule has 1 aliphatic rings. The van der Waals surface area contributed by atoms with E-state index in [0.29, 0.717) is 22.0 Å². The van der Waals surface area contributed by atoms with Gasteiger partial charge in [-0.15, -0.1) is 0 Å². The van der Waals surface area contributed by atoms with Crippen LogP contribution in [-0.4, -0.2) is 28.3 Å². The van der Waals surface area contributed by atoms with Gasteiger partial charge in [0.05, 0.1) is 12.1 Å². The molecule has 2 rings (SSSR count). The zero-order chi connectivity index (χ0) is 17.7. The number of halogens is 1. The molecule has 1 aliphatic heterocycles. The van der Waals surface area contributed by atoms with Gasteiger partial charge in [0.25, 0.3) is 0 Å². The van der Waals surface area contributed by atoms with Crippen molar-refractivity contribution >= 4 is 56.7 Å². The topological polar surface area (TPSA) is 65.0 Å². The van der Waals surface area contributed by atoms with Gasteiger partial charge in [-0.25, -0.2) is 4.99 Å². The first-order valence-electron chi connectivity index (χ1n) is 7.16. The first-order chi connectivity index (χ1) is 11.4. The molecule has 0 atom stereocenters. The average Bonchev–Trinajstić information content (AvgIpc) is 2.87. The Labute approximate surface area is 153 Å². The van der Waals surface area contributed by atoms with Gasteiger partial charge in [0.2, 0.25) is 5.12 Å². The van der Waals surface area contributed by atoms with Crippen LogP contribution in [0.5, 0.6) is 11.5 Å². The average molecular weight is 386 g/mol. The standard InChI is InChI=1S/C16H16ClNO4S2/c1-4-5-23-16-18-12(15(20)24-16)6-10-7-13(21-3)14(8-11(10)17)22-9(2)19/h6-8H,4-5H2,1-3H3/b12-6-. The van der Waals surface area contributed by atoms with Crippen molar-refractivity contribution in [2.45, 2.75) is 20.3 Å². The molecule has 0 radical (unpaired) electrons. The molecule has 0 amide bonds. The third-order valence-corrected chi connectivity index (χ3v) is 5.40. The molecule has 1 heterocycles. The van der Waals surface area contributed by atoms with E-state index in [0.717, 1.165) is 28.3 Å². The summed E-state index contributed by atoms with van der Waals surface area (Å²) in [6.07, 6.45) is 2.62. The normalized spacial score (nSPS) is 15.6. The summed E-state index contributed by atoms with van der Waals surface area (Å²) in [7, 11) is 1.46. The van der Waals surface area contributed by atoms with E-state index in [9.17, 15) is 9.59 Å². The molecule has 1 aromatic rings. The van der Waals surface area contributed by atoms with Gasteiger partial charge in [-0.05, 0) is 41.6 Å². The van der Waals surface area contributed by atoms with Crippen LogP contribution in [0.1, 0.15) is 25.8 Å². The Bertz CT molecular complexity index is 731. The van der Waals surface area contributed by atoms with Gasteiger partial charge in [-0.1, -0.05) is 30.3 Å². The highest BCUT2D eigenvalue weighted by Gasteiger charge is 2.23. The number of hydrogen-bond donors (Lipinski definition) is 0. The summed E-state index contributed by atoms with van der Waals surface area (Å²) in [5.41, 5.74) is 0.904. The number of aliphatic imine (C=N–C) groups is 1. The van der Waals surface area contributed by atoms with Crippen molar-refractivity contribution in [3.8, 4) is 11.5 Å². The maximum Gasteiger partial charge on any atom is 0.308 e. The summed E-state index contributed by atoms with van der Waals surface area (Å²) < 4.78 is 11.0. The third kappa shape index (κ3) is 4.78. The molecule has 0 unspecified atom stereocenters. The lowest BCUT2D eigenvalue weighted by atomic mass is 10.1. The Morgan fingerprint density at radius 1 is 1.42 bits per heavy atom. The van der Waals surface area contributed by atoms with Crippen molar-refractivity contribution < 1.29 is 19.1 Å². The first kappa shape index (κ1) is 18.9. The van der Waals surface area contributed by atoms with Crippen LogP contribution in [0, 0.1) is 0 Å². The number of hydrogen-bond acceptors (Lipinski definition) is 7. The second-order valence-electron chi connectivity index (χ2n) is 4.76. The van der Waals surface area contributed by atoms with Crippen LogP contribution in [0.4, 0.5) is 0 Å². The van der Waals surface area contributed by atoms with Crippen molar-refractivity contribution in [3.05, 3.63) is 28.4 Å². The minimum atomic E-state index is -0.472. The third-order valence-electron chi connectivity index (χ3n) is 2.86. The van der Waals surface area contributed by atoms with Crippen LogP contribution in [-0.2, 0) is 9.59 Å². The second-order valence-corrected chi connectivity index (χ2v) is 7.47. The second kappa shape index (κ2) is 8.60. The van der Waals surface area contributed by atoms with Gasteiger partial charge < -0.3 is 9.47 Å². The first-order valence-corrected chi connectivity index (χ1v) is 9.34. The van der Waals surface area contributed by atoms with E-state index < -0.39 is 5.97 Å². The summed E-state index contributed by atoms with van der Waals surface area (Å²) >= 11 is 8.91. The number of nitrogens with zero attached hydrogens (tertiary/aromatic N) is 1. The van der Waals surface area contributed by atoms with Crippen molar-refractivity contribution in [1.82, 2.24) is 0 Å². The number of ether oxygens (including phenoxy) is 2. The van der Waals surface area contributed by atoms with Crippen LogP contribution >= 0.6 is 35.1 Å². The van der Waals surface area contributed by atoms with E-state index in [1.165, 1.54) is 20.1 Å². The van der Waals surface area contributed by atoms with Gasteiger partial charge >= 0.3 is 5.97 Å². The summed E-state index contributed by atoms with van der Waals surface area (Å²) in [5.74, 6) is 1.02. The molecule has 24 heavy (non-hydrogen) atoms. The molecule has 0 aromatic heterocycles. The largest absolute Gasteiger partial charge is 0.493 e. The molecule has 128 valence electrons. The van der Waals surface area contributed by atoms with Crippen molar-refractivity contribution in [2.24, 2.45) is 4.99 Å². The maximum atomic E-state index is 12.1. The highest BCUT2D eigenvalue weighted by atomic mass is 35.5. The minimum absolute atomic E-state index is 0.118. The number of thioether (sulfide) groups is 2. The highest BCUT2D eigenvalue weighted by Crippen LogP contribution is 2.37. The Morgan fingerprint density at radius 2 is 2.17 bits per heavy atom. The summed E-state index contributed by atoms with van der Waals surface area (Å²) in [6, 6.07) is 3.09. The van der Waals surface area contributed by atoms with Gasteiger partial charge in [-0.3, -0.25) is 9.59 Å². The summed E-state index contributed by atoms with van der Waals surface area (Å²) in [4.78, 5) is 27.5. The van der Waals surface area contributed by atoms with Crippen molar-refractivity contribution in [1.29, 1.82) is 0 Å². The molecule has 0 saturated carbocycles. The van der Waals surface area contributed by atoms with E-state index in [4.69, 9.17) is 21.1 Å². The molecule has 0 N–H and O–H groups in total. The SMILES string of the molecule is CCCSC1=N/C(=C\c2cc(OC)c(OC(C)=O)cc2Cl)C(=O)S1. The number of rotatable bonds is 5. The zero-order valence-electron chi connectivity index (χ0n) is 13.4. The molecule has 0 spiro atoms. The number of esters is 1. The fourth-order valence-corrected chi connectivity index (χ4v) is 3.82. The molecule has 8 heteroatoms. The van der Waals surface area contributed by atoms with Crippen molar-refractivity contribution in [3.63, 3.8) is 0 Å². The van der Waals surface area contributed by atoms with Crippen LogP contribution in [0.25, 0.3) is 6.08 Å². The minimum Gasteiger partial charge on any atom is -0.493 e. The smallest absolute Gasteiger partial charge is 0.308 e. The molecule has 0 fully saturated rings. The highest BCUT2D eigenvalue weighted by molar-refractivity contribution is 8.45. The fraction of sp³-hybridized carbons (Fsp3) is 0.312. The predicted octanol–water partition coefficient (Wildman–Crippen LogP) is 4.39. The van der Waals surface area contributed by atoms with Crippen LogP contribution in [0.15, 0.2) is 22.8 Å². The molecule has 0 saturated heterocycles. The number of benzene rings is 1. The predicted molar refractivity (Wildman–Crippen MR) is 100 cm³/mol. The zero-order valence-corrected chi connectivity index (χ0v) is 15.8. The van der Waals surface area contributed by atoms with E-state index >= 15 is 0 Å². The number of methoxy groups -OCH3 is 1.